The van der Waals surface area contributed by atoms with Crippen molar-refractivity contribution in [2.45, 2.75) is 74.4 Å². The number of β-amino-alcohol motifs (C(OH)–C–C–N with tert-alkyl or cyclic N) is 1. The number of carbonyl (C=O) groups excluding carboxylic acids is 1. The second kappa shape index (κ2) is 17.1. The van der Waals surface area contributed by atoms with Gasteiger partial charge in [0.05, 0.1) is 30.5 Å². The van der Waals surface area contributed by atoms with Crippen LogP contribution in [-0.2, 0) is 21.3 Å². The van der Waals surface area contributed by atoms with Gasteiger partial charge in [-0.2, -0.15) is 49.9 Å². The molecule has 3 aliphatic rings. The number of nitriles is 1. The van der Waals surface area contributed by atoms with Gasteiger partial charge in [-0.25, -0.2) is 24.5 Å². The van der Waals surface area contributed by atoms with E-state index in [1.165, 1.54) is 17.3 Å². The number of carboxylic acid groups (broad SMARTS) is 2. The molecule has 4 aromatic heterocycles. The maximum absolute atomic E-state index is 13.6. The van der Waals surface area contributed by atoms with Crippen molar-refractivity contribution in [2.24, 2.45) is 0 Å². The van der Waals surface area contributed by atoms with Crippen LogP contribution in [0.15, 0.2) is 43.1 Å². The fraction of sp³-hybridized carbons (Fsp3) is 0.471. The van der Waals surface area contributed by atoms with Crippen LogP contribution in [0.2, 0.25) is 0 Å². The molecule has 0 bridgehead atoms. The van der Waals surface area contributed by atoms with Gasteiger partial charge in [-0.15, -0.1) is 0 Å². The molecule has 2 aliphatic heterocycles. The maximum atomic E-state index is 13.6. The number of aromatic amines is 1. The molecule has 2 saturated heterocycles. The van der Waals surface area contributed by atoms with E-state index in [4.69, 9.17) is 24.5 Å². The van der Waals surface area contributed by atoms with Crippen LogP contribution in [0.1, 0.15) is 48.2 Å². The number of H-pyrrole nitrogens is 1. The fourth-order valence-electron chi connectivity index (χ4n) is 6.60. The number of pyridine rings is 1. The van der Waals surface area contributed by atoms with Crippen LogP contribution in [0, 0.1) is 11.3 Å². The number of nitrogens with one attached hydrogen (secondary N) is 1. The number of aliphatic hydroxyl groups is 1. The third-order valence-electron chi connectivity index (χ3n) is 9.52. The third-order valence-corrected chi connectivity index (χ3v) is 9.52. The molecule has 0 radical (unpaired) electrons. The zero-order valence-corrected chi connectivity index (χ0v) is 30.1. The number of rotatable bonds is 7. The van der Waals surface area contributed by atoms with Gasteiger partial charge < -0.3 is 29.9 Å². The lowest BCUT2D eigenvalue weighted by molar-refractivity contribution is -0.193. The second-order valence-corrected chi connectivity index (χ2v) is 13.7. The van der Waals surface area contributed by atoms with Crippen LogP contribution < -0.4 is 4.74 Å². The van der Waals surface area contributed by atoms with Crippen LogP contribution >= 0.6 is 0 Å². The number of carboxylic acids is 2. The molecule has 0 atom stereocenters. The van der Waals surface area contributed by atoms with E-state index in [0.29, 0.717) is 32.4 Å². The molecule has 59 heavy (non-hydrogen) atoms. The molecule has 0 aromatic carbocycles. The molecule has 1 saturated carbocycles. The number of hydrogen-bond acceptors (Lipinski definition) is 11. The Labute approximate surface area is 325 Å². The van der Waals surface area contributed by atoms with Gasteiger partial charge in [0.2, 0.25) is 5.88 Å². The van der Waals surface area contributed by atoms with Crippen LogP contribution in [0.4, 0.5) is 39.5 Å². The highest BCUT2D eigenvalue weighted by molar-refractivity contribution is 5.95. The standard InChI is InChI=1S/C30H30F3N9O3.2C2HF3O2/c31-30(32,33)24-9-18(28(44)40-13-21(43)14-40)10-25(39-24)45-22-3-1-20(2-4-22)41-15-29(16-41,6-7-34)42-12-19(11-38-42)26-23-5-8-35-27(23)37-17-36-26;2*3-2(4,5)1(6)7/h5,8-12,17,20-22,43H,1-4,6,13-16H2,(H,35,36,37);2*(H,6,7)/t20-,22+;;. The first-order chi connectivity index (χ1) is 27.5. The first kappa shape index (κ1) is 44.1. The molecular formula is C34H32F9N9O7. The van der Waals surface area contributed by atoms with E-state index in [2.05, 4.69) is 36.0 Å². The van der Waals surface area contributed by atoms with Crippen molar-refractivity contribution >= 4 is 28.9 Å². The number of ether oxygens (including phenoxy) is 1. The summed E-state index contributed by atoms with van der Waals surface area (Å²) in [5.41, 5.74) is 0.514. The normalized spacial score (nSPS) is 19.5. The molecule has 16 nitrogen and oxygen atoms in total. The van der Waals surface area contributed by atoms with Crippen molar-refractivity contribution in [1.29, 1.82) is 5.26 Å². The zero-order chi connectivity index (χ0) is 43.5. The fourth-order valence-corrected chi connectivity index (χ4v) is 6.60. The molecule has 318 valence electrons. The molecule has 3 fully saturated rings. The SMILES string of the molecule is N#CCC1(n2cc(-c3ncnc4[nH]ccc34)cn2)CN([C@H]2CC[C@@H](Oc3cc(C(=O)N4CC(O)C4)cc(C(F)(F)F)n3)CC2)C1.O=C(O)C(F)(F)F.O=C(O)C(F)(F)F. The van der Waals surface area contributed by atoms with Crippen molar-refractivity contribution in [3.63, 3.8) is 0 Å². The number of hydrogen-bond donors (Lipinski definition) is 4. The number of aliphatic carboxylic acids is 2. The van der Waals surface area contributed by atoms with Crippen molar-refractivity contribution in [1.82, 2.24) is 39.5 Å². The van der Waals surface area contributed by atoms with Crippen molar-refractivity contribution in [3.05, 3.63) is 54.4 Å². The number of fused-ring (bicyclic) bond motifs is 1. The number of aliphatic hydroxyl groups excluding tert-OH is 1. The quantitative estimate of drug-likeness (QED) is 0.187. The highest BCUT2D eigenvalue weighted by Crippen LogP contribution is 2.39. The highest BCUT2D eigenvalue weighted by atomic mass is 19.4. The molecule has 0 spiro atoms. The Morgan fingerprint density at radius 2 is 1.56 bits per heavy atom. The molecule has 6 heterocycles. The van der Waals surface area contributed by atoms with Crippen molar-refractivity contribution < 1.29 is 74.0 Å². The number of alkyl halides is 9. The van der Waals surface area contributed by atoms with Gasteiger partial charge in [0, 0.05) is 67.2 Å². The van der Waals surface area contributed by atoms with E-state index in [9.17, 15) is 54.7 Å². The molecule has 7 rings (SSSR count). The van der Waals surface area contributed by atoms with Gasteiger partial charge in [0.15, 0.2) is 0 Å². The number of likely N-dealkylation sites (tertiary alicyclic amines) is 2. The lowest BCUT2D eigenvalue weighted by atomic mass is 9.82. The van der Waals surface area contributed by atoms with Gasteiger partial charge in [-0.05, 0) is 37.8 Å². The summed E-state index contributed by atoms with van der Waals surface area (Å²) in [6.45, 7) is 1.45. The monoisotopic (exact) mass is 849 g/mol. The van der Waals surface area contributed by atoms with Gasteiger partial charge in [0.25, 0.3) is 5.91 Å². The smallest absolute Gasteiger partial charge is 0.475 e. The Kier molecular flexibility index (Phi) is 12.7. The van der Waals surface area contributed by atoms with Crippen LogP contribution in [0.25, 0.3) is 22.3 Å². The first-order valence-electron chi connectivity index (χ1n) is 17.3. The minimum absolute atomic E-state index is 0.0788. The lowest BCUT2D eigenvalue weighted by Gasteiger charge is -2.53. The van der Waals surface area contributed by atoms with E-state index < -0.39 is 53.7 Å². The van der Waals surface area contributed by atoms with Crippen LogP contribution in [-0.4, -0.2) is 129 Å². The van der Waals surface area contributed by atoms with E-state index in [1.54, 1.807) is 6.20 Å². The van der Waals surface area contributed by atoms with Gasteiger partial charge in [-0.3, -0.25) is 14.4 Å². The summed E-state index contributed by atoms with van der Waals surface area (Å²) < 4.78 is 112. The summed E-state index contributed by atoms with van der Waals surface area (Å²) in [6, 6.07) is 6.45. The molecular weight excluding hydrogens is 817 g/mol. The second-order valence-electron chi connectivity index (χ2n) is 13.7. The third kappa shape index (κ3) is 10.5. The summed E-state index contributed by atoms with van der Waals surface area (Å²) in [5, 5.41) is 38.9. The van der Waals surface area contributed by atoms with E-state index in [-0.39, 0.29) is 36.7 Å². The highest BCUT2D eigenvalue weighted by Gasteiger charge is 2.48. The predicted octanol–water partition coefficient (Wildman–Crippen LogP) is 4.63. The van der Waals surface area contributed by atoms with Crippen LogP contribution in [0.5, 0.6) is 5.88 Å². The molecule has 1 amide bonds. The minimum atomic E-state index is -5.08. The average molecular weight is 850 g/mol. The molecule has 0 unspecified atom stereocenters. The van der Waals surface area contributed by atoms with Crippen molar-refractivity contribution in [3.8, 4) is 23.2 Å². The Bertz CT molecular complexity index is 2160. The van der Waals surface area contributed by atoms with E-state index in [0.717, 1.165) is 41.2 Å². The summed E-state index contributed by atoms with van der Waals surface area (Å²) in [7, 11) is 0. The van der Waals surface area contributed by atoms with E-state index >= 15 is 0 Å². The number of amides is 1. The Balaban J connectivity index is 0.000000407. The number of carbonyl (C=O) groups is 3. The minimum Gasteiger partial charge on any atom is -0.475 e. The summed E-state index contributed by atoms with van der Waals surface area (Å²) in [6.07, 6.45) is -5.88. The van der Waals surface area contributed by atoms with Gasteiger partial charge >= 0.3 is 30.5 Å². The summed E-state index contributed by atoms with van der Waals surface area (Å²) in [5.74, 6) is -6.34. The Hall–Kier alpha value is -6.03. The molecule has 4 aromatic rings. The first-order valence-corrected chi connectivity index (χ1v) is 17.3. The molecule has 4 N–H and O–H groups in total. The molecule has 1 aliphatic carbocycles. The number of halogens is 9. The Morgan fingerprint density at radius 3 is 2.10 bits per heavy atom. The molecule has 25 heteroatoms. The average Bonchev–Trinajstić information content (AvgIpc) is 3.82. The lowest BCUT2D eigenvalue weighted by Crippen LogP contribution is -2.65. The maximum Gasteiger partial charge on any atom is 0.490 e. The predicted molar refractivity (Wildman–Crippen MR) is 180 cm³/mol. The number of nitrogens with zero attached hydrogens (tertiary/aromatic N) is 8. The summed E-state index contributed by atoms with van der Waals surface area (Å²) in [4.78, 5) is 49.5. The largest absolute Gasteiger partial charge is 0.490 e. The number of aromatic nitrogens is 6. The van der Waals surface area contributed by atoms with E-state index in [1.807, 2.05) is 23.1 Å². The van der Waals surface area contributed by atoms with Gasteiger partial charge in [0.1, 0.15) is 29.3 Å². The Morgan fingerprint density at radius 1 is 0.949 bits per heavy atom. The topological polar surface area (TPSA) is 224 Å². The van der Waals surface area contributed by atoms with Crippen molar-refractivity contribution in [2.75, 3.05) is 26.2 Å². The van der Waals surface area contributed by atoms with Crippen LogP contribution in [0.3, 0.4) is 0 Å². The zero-order valence-electron chi connectivity index (χ0n) is 30.1. The summed E-state index contributed by atoms with van der Waals surface area (Å²) >= 11 is 0. The van der Waals surface area contributed by atoms with Gasteiger partial charge in [-0.1, -0.05) is 0 Å².